The molecule has 2 aliphatic rings. The van der Waals surface area contributed by atoms with E-state index < -0.39 is 0 Å². The molecule has 126 valence electrons. The van der Waals surface area contributed by atoms with E-state index >= 15 is 0 Å². The van der Waals surface area contributed by atoms with Gasteiger partial charge in [0.15, 0.2) is 5.96 Å². The van der Waals surface area contributed by atoms with E-state index in [1.165, 1.54) is 24.8 Å². The van der Waals surface area contributed by atoms with Gasteiger partial charge in [-0.1, -0.05) is 32.4 Å². The first-order valence-electron chi connectivity index (χ1n) is 8.87. The second kappa shape index (κ2) is 6.52. The zero-order chi connectivity index (χ0) is 16.4. The molecule has 3 rings (SSSR count). The van der Waals surface area contributed by atoms with Crippen molar-refractivity contribution in [3.8, 4) is 0 Å². The molecule has 2 saturated carbocycles. The first kappa shape index (κ1) is 16.3. The zero-order valence-electron chi connectivity index (χ0n) is 14.5. The quantitative estimate of drug-likeness (QED) is 0.640. The van der Waals surface area contributed by atoms with E-state index in [9.17, 15) is 0 Å². The third kappa shape index (κ3) is 3.09. The van der Waals surface area contributed by atoms with Crippen LogP contribution in [-0.4, -0.2) is 24.7 Å². The lowest BCUT2D eigenvalue weighted by atomic mass is 9.51. The molecule has 2 atom stereocenters. The van der Waals surface area contributed by atoms with Crippen molar-refractivity contribution in [3.05, 3.63) is 29.8 Å². The van der Waals surface area contributed by atoms with E-state index in [-0.39, 0.29) is 5.41 Å². The summed E-state index contributed by atoms with van der Waals surface area (Å²) in [6, 6.07) is 8.71. The SMILES string of the molecule is CCOC1CC(N=C(N)Nc2cccc(C(C)C)c2)C12CCC2. The minimum atomic E-state index is 0.266. The number of guanidine groups is 1. The molecule has 0 saturated heterocycles. The fourth-order valence-corrected chi connectivity index (χ4v) is 3.91. The maximum Gasteiger partial charge on any atom is 0.193 e. The Hall–Kier alpha value is -1.55. The van der Waals surface area contributed by atoms with E-state index in [2.05, 4.69) is 44.3 Å². The van der Waals surface area contributed by atoms with Gasteiger partial charge in [-0.15, -0.1) is 0 Å². The Kier molecular flexibility index (Phi) is 4.62. The Labute approximate surface area is 139 Å². The normalized spacial score (nSPS) is 26.0. The average molecular weight is 315 g/mol. The molecule has 23 heavy (non-hydrogen) atoms. The maximum atomic E-state index is 6.16. The zero-order valence-corrected chi connectivity index (χ0v) is 14.5. The van der Waals surface area contributed by atoms with Gasteiger partial charge in [-0.05, 0) is 49.8 Å². The number of aliphatic imine (C=N–C) groups is 1. The largest absolute Gasteiger partial charge is 0.378 e. The van der Waals surface area contributed by atoms with Crippen molar-refractivity contribution in [1.29, 1.82) is 0 Å². The molecule has 4 nitrogen and oxygen atoms in total. The van der Waals surface area contributed by atoms with Gasteiger partial charge >= 0.3 is 0 Å². The highest BCUT2D eigenvalue weighted by Crippen LogP contribution is 2.58. The molecule has 1 aromatic rings. The fourth-order valence-electron chi connectivity index (χ4n) is 3.91. The van der Waals surface area contributed by atoms with Crippen molar-refractivity contribution < 1.29 is 4.74 Å². The molecule has 0 heterocycles. The number of nitrogens with two attached hydrogens (primary N) is 1. The van der Waals surface area contributed by atoms with Crippen LogP contribution in [-0.2, 0) is 4.74 Å². The van der Waals surface area contributed by atoms with Gasteiger partial charge in [0.25, 0.3) is 0 Å². The lowest BCUT2D eigenvalue weighted by Crippen LogP contribution is -2.61. The average Bonchev–Trinajstić information content (AvgIpc) is 2.44. The molecule has 3 N–H and O–H groups in total. The lowest BCUT2D eigenvalue weighted by molar-refractivity contribution is -0.162. The van der Waals surface area contributed by atoms with Crippen LogP contribution in [0.1, 0.15) is 57.9 Å². The Morgan fingerprint density at radius 1 is 1.43 bits per heavy atom. The molecule has 0 aromatic heterocycles. The number of rotatable bonds is 5. The molecule has 1 aromatic carbocycles. The number of anilines is 1. The van der Waals surface area contributed by atoms with Gasteiger partial charge in [0.2, 0.25) is 0 Å². The highest BCUT2D eigenvalue weighted by Gasteiger charge is 2.59. The number of hydrogen-bond donors (Lipinski definition) is 2. The van der Waals surface area contributed by atoms with E-state index in [0.717, 1.165) is 18.7 Å². The van der Waals surface area contributed by atoms with E-state index in [1.807, 2.05) is 6.07 Å². The summed E-state index contributed by atoms with van der Waals surface area (Å²) in [6.45, 7) is 7.25. The van der Waals surface area contributed by atoms with Crippen LogP contribution in [0.4, 0.5) is 5.69 Å². The second-order valence-corrected chi connectivity index (χ2v) is 7.20. The van der Waals surface area contributed by atoms with Crippen LogP contribution in [0.25, 0.3) is 0 Å². The van der Waals surface area contributed by atoms with Gasteiger partial charge in [-0.25, -0.2) is 4.99 Å². The smallest absolute Gasteiger partial charge is 0.193 e. The molecule has 0 radical (unpaired) electrons. The van der Waals surface area contributed by atoms with Crippen LogP contribution in [0.3, 0.4) is 0 Å². The Bertz CT molecular complexity index is 578. The first-order chi connectivity index (χ1) is 11.0. The molecule has 2 unspecified atom stereocenters. The van der Waals surface area contributed by atoms with Gasteiger partial charge in [0.1, 0.15) is 0 Å². The predicted molar refractivity (Wildman–Crippen MR) is 95.9 cm³/mol. The first-order valence-corrected chi connectivity index (χ1v) is 8.87. The van der Waals surface area contributed by atoms with Gasteiger partial charge < -0.3 is 15.8 Å². The Balaban J connectivity index is 1.65. The topological polar surface area (TPSA) is 59.6 Å². The van der Waals surface area contributed by atoms with E-state index in [4.69, 9.17) is 15.5 Å². The van der Waals surface area contributed by atoms with Gasteiger partial charge in [0.05, 0.1) is 12.1 Å². The van der Waals surface area contributed by atoms with E-state index in [0.29, 0.717) is 24.0 Å². The summed E-state index contributed by atoms with van der Waals surface area (Å²) >= 11 is 0. The minimum Gasteiger partial charge on any atom is -0.378 e. The highest BCUT2D eigenvalue weighted by atomic mass is 16.5. The third-order valence-corrected chi connectivity index (χ3v) is 5.52. The van der Waals surface area contributed by atoms with Crippen LogP contribution in [0, 0.1) is 5.41 Å². The molecule has 1 spiro atoms. The molecule has 4 heteroatoms. The fraction of sp³-hybridized carbons (Fsp3) is 0.632. The van der Waals surface area contributed by atoms with Gasteiger partial charge in [-0.2, -0.15) is 0 Å². The molecular formula is C19H29N3O. The molecule has 0 aliphatic heterocycles. The maximum absolute atomic E-state index is 6.16. The Morgan fingerprint density at radius 2 is 2.22 bits per heavy atom. The molecule has 2 fully saturated rings. The van der Waals surface area contributed by atoms with Crippen LogP contribution in [0.2, 0.25) is 0 Å². The number of benzene rings is 1. The summed E-state index contributed by atoms with van der Waals surface area (Å²) in [4.78, 5) is 4.76. The predicted octanol–water partition coefficient (Wildman–Crippen LogP) is 3.88. The summed E-state index contributed by atoms with van der Waals surface area (Å²) < 4.78 is 5.88. The standard InChI is InChI=1S/C19H29N3O/c1-4-23-17-12-16(19(17)9-6-10-19)22-18(20)21-15-8-5-7-14(11-15)13(2)3/h5,7-8,11,13,16-17H,4,6,9-10,12H2,1-3H3,(H3,20,21,22). The Morgan fingerprint density at radius 3 is 2.83 bits per heavy atom. The number of nitrogens with zero attached hydrogens (tertiary/aromatic N) is 1. The van der Waals surface area contributed by atoms with Gasteiger partial charge in [0, 0.05) is 17.7 Å². The minimum absolute atomic E-state index is 0.266. The highest BCUT2D eigenvalue weighted by molar-refractivity contribution is 5.92. The van der Waals surface area contributed by atoms with Crippen molar-refractivity contribution in [2.45, 2.75) is 64.5 Å². The molecule has 2 aliphatic carbocycles. The third-order valence-electron chi connectivity index (χ3n) is 5.52. The number of ether oxygens (including phenoxy) is 1. The van der Waals surface area contributed by atoms with Crippen LogP contribution >= 0.6 is 0 Å². The monoisotopic (exact) mass is 315 g/mol. The van der Waals surface area contributed by atoms with Crippen molar-refractivity contribution in [1.82, 2.24) is 0 Å². The molecular weight excluding hydrogens is 286 g/mol. The number of nitrogens with one attached hydrogen (secondary N) is 1. The lowest BCUT2D eigenvalue weighted by Gasteiger charge is -2.59. The van der Waals surface area contributed by atoms with Crippen molar-refractivity contribution in [3.63, 3.8) is 0 Å². The van der Waals surface area contributed by atoms with Crippen molar-refractivity contribution >= 4 is 11.6 Å². The van der Waals surface area contributed by atoms with Crippen LogP contribution in [0.5, 0.6) is 0 Å². The summed E-state index contributed by atoms with van der Waals surface area (Å²) in [6.07, 6.45) is 5.12. The molecule has 0 amide bonds. The summed E-state index contributed by atoms with van der Waals surface area (Å²) in [5, 5.41) is 3.26. The summed E-state index contributed by atoms with van der Waals surface area (Å²) in [7, 11) is 0. The second-order valence-electron chi connectivity index (χ2n) is 7.20. The van der Waals surface area contributed by atoms with Crippen LogP contribution in [0.15, 0.2) is 29.3 Å². The summed E-state index contributed by atoms with van der Waals surface area (Å²) in [5.74, 6) is 1.03. The molecule has 0 bridgehead atoms. The van der Waals surface area contributed by atoms with Crippen molar-refractivity contribution in [2.75, 3.05) is 11.9 Å². The van der Waals surface area contributed by atoms with Crippen LogP contribution < -0.4 is 11.1 Å². The van der Waals surface area contributed by atoms with Gasteiger partial charge in [-0.3, -0.25) is 0 Å². The number of hydrogen-bond acceptors (Lipinski definition) is 2. The summed E-state index contributed by atoms with van der Waals surface area (Å²) in [5.41, 5.74) is 8.74. The van der Waals surface area contributed by atoms with Crippen molar-refractivity contribution in [2.24, 2.45) is 16.1 Å². The van der Waals surface area contributed by atoms with E-state index in [1.54, 1.807) is 0 Å².